The maximum absolute atomic E-state index is 4.96. The first-order valence-corrected chi connectivity index (χ1v) is 3.23. The molecule has 0 aromatic rings. The molecular formula is C5H11O2S. The summed E-state index contributed by atoms with van der Waals surface area (Å²) < 4.78 is 9.79. The highest BCUT2D eigenvalue weighted by atomic mass is 32.1. The van der Waals surface area contributed by atoms with Crippen LogP contribution >= 0.6 is 12.6 Å². The van der Waals surface area contributed by atoms with E-state index in [0.29, 0.717) is 19.2 Å². The molecule has 0 N–H and O–H groups in total. The summed E-state index contributed by atoms with van der Waals surface area (Å²) in [7, 11) is 0. The minimum atomic E-state index is 0.368. The van der Waals surface area contributed by atoms with Crippen LogP contribution in [0.4, 0.5) is 0 Å². The molecule has 0 aliphatic rings. The van der Waals surface area contributed by atoms with Gasteiger partial charge in [-0.2, -0.15) is 0 Å². The highest BCUT2D eigenvalue weighted by Gasteiger charge is 1.82. The van der Waals surface area contributed by atoms with Crippen molar-refractivity contribution in [2.45, 2.75) is 6.92 Å². The summed E-state index contributed by atoms with van der Waals surface area (Å²) in [4.78, 5) is 0. The third-order valence-corrected chi connectivity index (χ3v) is 0.826. The Hall–Kier alpha value is 0.270. The SMILES string of the molecule is CCOCCOC[S]. The van der Waals surface area contributed by atoms with Gasteiger partial charge in [-0.25, -0.2) is 0 Å². The molecule has 0 spiro atoms. The molecule has 2 nitrogen and oxygen atoms in total. The van der Waals surface area contributed by atoms with Crippen molar-refractivity contribution >= 4 is 12.6 Å². The molecule has 0 aliphatic heterocycles. The van der Waals surface area contributed by atoms with Crippen molar-refractivity contribution in [2.24, 2.45) is 0 Å². The summed E-state index contributed by atoms with van der Waals surface area (Å²) in [5.41, 5.74) is 0. The second-order valence-electron chi connectivity index (χ2n) is 1.22. The van der Waals surface area contributed by atoms with Crippen LogP contribution in [0.3, 0.4) is 0 Å². The van der Waals surface area contributed by atoms with E-state index in [-0.39, 0.29) is 0 Å². The van der Waals surface area contributed by atoms with Gasteiger partial charge in [0.05, 0.1) is 13.2 Å². The van der Waals surface area contributed by atoms with Gasteiger partial charge in [-0.1, -0.05) is 12.6 Å². The van der Waals surface area contributed by atoms with Crippen LogP contribution in [0.2, 0.25) is 0 Å². The Kier molecular flexibility index (Phi) is 7.52. The molecule has 0 unspecified atom stereocenters. The quantitative estimate of drug-likeness (QED) is 0.527. The van der Waals surface area contributed by atoms with Crippen LogP contribution in [-0.4, -0.2) is 25.8 Å². The lowest BCUT2D eigenvalue weighted by Crippen LogP contribution is -2.02. The molecule has 0 aliphatic carbocycles. The monoisotopic (exact) mass is 135 g/mol. The lowest BCUT2D eigenvalue weighted by molar-refractivity contribution is 0.0725. The molecule has 1 radical (unpaired) electrons. The van der Waals surface area contributed by atoms with Gasteiger partial charge in [0.25, 0.3) is 0 Å². The molecule has 0 aromatic carbocycles. The number of rotatable bonds is 5. The summed E-state index contributed by atoms with van der Waals surface area (Å²) >= 11 is 4.52. The Balaban J connectivity index is 2.53. The second kappa shape index (κ2) is 7.27. The molecular weight excluding hydrogens is 124 g/mol. The van der Waals surface area contributed by atoms with Crippen molar-refractivity contribution in [3.05, 3.63) is 0 Å². The van der Waals surface area contributed by atoms with Gasteiger partial charge >= 0.3 is 0 Å². The van der Waals surface area contributed by atoms with E-state index in [1.807, 2.05) is 6.92 Å². The number of ether oxygens (including phenoxy) is 2. The Labute approximate surface area is 55.6 Å². The van der Waals surface area contributed by atoms with Crippen molar-refractivity contribution in [3.63, 3.8) is 0 Å². The summed E-state index contributed by atoms with van der Waals surface area (Å²) in [5.74, 6) is 0.368. The largest absolute Gasteiger partial charge is 0.379 e. The molecule has 0 rings (SSSR count). The number of hydrogen-bond acceptors (Lipinski definition) is 2. The van der Waals surface area contributed by atoms with Crippen LogP contribution in [0.1, 0.15) is 6.92 Å². The van der Waals surface area contributed by atoms with E-state index in [1.165, 1.54) is 0 Å². The molecule has 0 saturated heterocycles. The standard InChI is InChI=1S/C5H11O2S/c1-2-6-3-4-7-5-8/h2-5H2,1H3. The van der Waals surface area contributed by atoms with Gasteiger partial charge < -0.3 is 9.47 Å². The van der Waals surface area contributed by atoms with E-state index in [4.69, 9.17) is 9.47 Å². The Bertz CT molecular complexity index is 35.4. The van der Waals surface area contributed by atoms with E-state index in [0.717, 1.165) is 6.61 Å². The minimum absolute atomic E-state index is 0.368. The van der Waals surface area contributed by atoms with Gasteiger partial charge in [-0.15, -0.1) is 0 Å². The lowest BCUT2D eigenvalue weighted by atomic mass is 10.7. The van der Waals surface area contributed by atoms with Gasteiger partial charge in [-0.3, -0.25) is 0 Å². The fourth-order valence-electron chi connectivity index (χ4n) is 0.321. The van der Waals surface area contributed by atoms with Gasteiger partial charge in [0.15, 0.2) is 0 Å². The average molecular weight is 135 g/mol. The second-order valence-corrected chi connectivity index (χ2v) is 1.46. The Morgan fingerprint density at radius 3 is 2.38 bits per heavy atom. The minimum Gasteiger partial charge on any atom is -0.379 e. The van der Waals surface area contributed by atoms with E-state index < -0.39 is 0 Å². The summed E-state index contributed by atoms with van der Waals surface area (Å²) in [6.45, 7) is 3.99. The zero-order chi connectivity index (χ0) is 6.24. The molecule has 0 atom stereocenters. The molecule has 0 heterocycles. The van der Waals surface area contributed by atoms with Gasteiger partial charge in [0.1, 0.15) is 5.94 Å². The molecule has 0 fully saturated rings. The summed E-state index contributed by atoms with van der Waals surface area (Å²) in [5, 5.41) is 0. The zero-order valence-electron chi connectivity index (χ0n) is 5.05. The van der Waals surface area contributed by atoms with Crippen LogP contribution in [0.15, 0.2) is 0 Å². The first kappa shape index (κ1) is 8.27. The molecule has 49 valence electrons. The van der Waals surface area contributed by atoms with E-state index in [9.17, 15) is 0 Å². The van der Waals surface area contributed by atoms with Gasteiger partial charge in [0.2, 0.25) is 0 Å². The normalized spacial score (nSPS) is 9.75. The van der Waals surface area contributed by atoms with Gasteiger partial charge in [-0.05, 0) is 6.92 Å². The zero-order valence-corrected chi connectivity index (χ0v) is 5.87. The van der Waals surface area contributed by atoms with E-state index in [1.54, 1.807) is 0 Å². The van der Waals surface area contributed by atoms with Gasteiger partial charge in [0, 0.05) is 6.61 Å². The third-order valence-electron chi connectivity index (χ3n) is 0.659. The topological polar surface area (TPSA) is 18.5 Å². The first-order chi connectivity index (χ1) is 3.91. The molecule has 3 heteroatoms. The number of hydrogen-bond donors (Lipinski definition) is 0. The van der Waals surface area contributed by atoms with Crippen molar-refractivity contribution in [1.82, 2.24) is 0 Å². The molecule has 8 heavy (non-hydrogen) atoms. The summed E-state index contributed by atoms with van der Waals surface area (Å²) in [6.07, 6.45) is 0. The van der Waals surface area contributed by atoms with Crippen LogP contribution in [-0.2, 0) is 9.47 Å². The van der Waals surface area contributed by atoms with Crippen molar-refractivity contribution in [3.8, 4) is 0 Å². The van der Waals surface area contributed by atoms with Crippen molar-refractivity contribution < 1.29 is 9.47 Å². The molecule has 0 bridgehead atoms. The maximum atomic E-state index is 4.96. The van der Waals surface area contributed by atoms with Crippen LogP contribution < -0.4 is 0 Å². The summed E-state index contributed by atoms with van der Waals surface area (Å²) in [6, 6.07) is 0. The Morgan fingerprint density at radius 1 is 1.25 bits per heavy atom. The van der Waals surface area contributed by atoms with Crippen LogP contribution in [0.5, 0.6) is 0 Å². The smallest absolute Gasteiger partial charge is 0.102 e. The van der Waals surface area contributed by atoms with Crippen LogP contribution in [0, 0.1) is 0 Å². The van der Waals surface area contributed by atoms with Crippen molar-refractivity contribution in [1.29, 1.82) is 0 Å². The Morgan fingerprint density at radius 2 is 1.88 bits per heavy atom. The van der Waals surface area contributed by atoms with E-state index in [2.05, 4.69) is 12.6 Å². The third kappa shape index (κ3) is 6.27. The fourth-order valence-corrected chi connectivity index (χ4v) is 0.439. The highest BCUT2D eigenvalue weighted by Crippen LogP contribution is 1.78. The highest BCUT2D eigenvalue weighted by molar-refractivity contribution is 7.80. The van der Waals surface area contributed by atoms with E-state index >= 15 is 0 Å². The average Bonchev–Trinajstić information content (AvgIpc) is 1.81. The predicted molar refractivity (Wildman–Crippen MR) is 34.9 cm³/mol. The lowest BCUT2D eigenvalue weighted by Gasteiger charge is -1.98. The fraction of sp³-hybridized carbons (Fsp3) is 1.00. The maximum Gasteiger partial charge on any atom is 0.102 e. The van der Waals surface area contributed by atoms with Crippen LogP contribution in [0.25, 0.3) is 0 Å². The molecule has 0 saturated carbocycles. The molecule has 0 aromatic heterocycles. The molecule has 0 amide bonds. The first-order valence-electron chi connectivity index (χ1n) is 2.65. The predicted octanol–water partition coefficient (Wildman–Crippen LogP) is 1.19. The van der Waals surface area contributed by atoms with Crippen molar-refractivity contribution in [2.75, 3.05) is 25.8 Å².